The van der Waals surface area contributed by atoms with Gasteiger partial charge < -0.3 is 10.1 Å². The molecule has 1 fully saturated rings. The summed E-state index contributed by atoms with van der Waals surface area (Å²) in [5.41, 5.74) is -2.96. The van der Waals surface area contributed by atoms with Crippen molar-refractivity contribution in [1.82, 2.24) is 9.62 Å². The minimum Gasteiger partial charge on any atom is -0.379 e. The predicted molar refractivity (Wildman–Crippen MR) is 111 cm³/mol. The highest BCUT2D eigenvalue weighted by atomic mass is 32.2. The lowest BCUT2D eigenvalue weighted by molar-refractivity contribution is -0.0328. The fourth-order valence-electron chi connectivity index (χ4n) is 3.07. The zero-order chi connectivity index (χ0) is 22.5. The largest absolute Gasteiger partial charge is 0.446 e. The summed E-state index contributed by atoms with van der Waals surface area (Å²) in [6.07, 6.45) is 0. The molecule has 3 rings (SSSR count). The van der Waals surface area contributed by atoms with Gasteiger partial charge in [-0.25, -0.2) is 8.42 Å². The number of benzene rings is 2. The first-order valence-corrected chi connectivity index (χ1v) is 11.8. The van der Waals surface area contributed by atoms with E-state index in [0.717, 1.165) is 0 Å². The van der Waals surface area contributed by atoms with Crippen LogP contribution in [0, 0.1) is 0 Å². The van der Waals surface area contributed by atoms with Gasteiger partial charge in [0, 0.05) is 30.1 Å². The molecule has 1 saturated heterocycles. The summed E-state index contributed by atoms with van der Waals surface area (Å²) >= 11 is -0.250. The van der Waals surface area contributed by atoms with Crippen LogP contribution in [0.4, 0.5) is 13.2 Å². The Morgan fingerprint density at radius 2 is 1.65 bits per heavy atom. The van der Waals surface area contributed by atoms with Gasteiger partial charge in [-0.3, -0.25) is 4.79 Å². The van der Waals surface area contributed by atoms with E-state index in [0.29, 0.717) is 37.4 Å². The molecule has 6 nitrogen and oxygen atoms in total. The number of thioether (sulfide) groups is 1. The van der Waals surface area contributed by atoms with Crippen LogP contribution in [-0.4, -0.2) is 50.4 Å². The van der Waals surface area contributed by atoms with Crippen LogP contribution in [0.1, 0.15) is 21.5 Å². The maximum Gasteiger partial charge on any atom is 0.446 e. The molecule has 2 aromatic carbocycles. The highest BCUT2D eigenvalue weighted by Crippen LogP contribution is 2.36. The highest BCUT2D eigenvalue weighted by molar-refractivity contribution is 8.00. The summed E-state index contributed by atoms with van der Waals surface area (Å²) in [6, 6.07) is 12.0. The van der Waals surface area contributed by atoms with Crippen molar-refractivity contribution in [3.05, 3.63) is 65.2 Å². The third kappa shape index (κ3) is 6.96. The molecule has 0 bridgehead atoms. The molecular formula is C20H21F3N2O4S2. The molecule has 1 amide bonds. The lowest BCUT2D eigenvalue weighted by Crippen LogP contribution is -2.41. The SMILES string of the molecule is O=C(NCc1ccccc1CS(=O)(=O)N1CCOCC1)c1ccc(SC(F)(F)F)cc1. The van der Waals surface area contributed by atoms with Crippen LogP contribution in [0.15, 0.2) is 53.4 Å². The Bertz CT molecular complexity index is 1010. The second-order valence-electron chi connectivity index (χ2n) is 6.79. The first kappa shape index (κ1) is 23.6. The molecule has 2 aromatic rings. The van der Waals surface area contributed by atoms with Crippen LogP contribution in [0.3, 0.4) is 0 Å². The number of amides is 1. The van der Waals surface area contributed by atoms with Crippen LogP contribution in [0.5, 0.6) is 0 Å². The Kier molecular flexibility index (Phi) is 7.63. The van der Waals surface area contributed by atoms with E-state index in [1.165, 1.54) is 28.6 Å². The predicted octanol–water partition coefficient (Wildman–Crippen LogP) is 3.39. The number of carbonyl (C=O) groups is 1. The molecular weight excluding hydrogens is 453 g/mol. The van der Waals surface area contributed by atoms with Gasteiger partial charge in [0.2, 0.25) is 10.0 Å². The van der Waals surface area contributed by atoms with Crippen molar-refractivity contribution in [1.29, 1.82) is 0 Å². The molecule has 0 unspecified atom stereocenters. The average Bonchev–Trinajstić information content (AvgIpc) is 2.73. The molecule has 1 aliphatic heterocycles. The van der Waals surface area contributed by atoms with Crippen LogP contribution in [0.25, 0.3) is 0 Å². The molecule has 0 aromatic heterocycles. The third-order valence-corrected chi connectivity index (χ3v) is 7.18. The van der Waals surface area contributed by atoms with Crippen molar-refractivity contribution in [3.8, 4) is 0 Å². The molecule has 31 heavy (non-hydrogen) atoms. The smallest absolute Gasteiger partial charge is 0.379 e. The number of hydrogen-bond acceptors (Lipinski definition) is 5. The number of rotatable bonds is 7. The van der Waals surface area contributed by atoms with Crippen molar-refractivity contribution in [2.75, 3.05) is 26.3 Å². The van der Waals surface area contributed by atoms with Gasteiger partial charge >= 0.3 is 5.51 Å². The molecule has 168 valence electrons. The molecule has 0 radical (unpaired) electrons. The normalized spacial score (nSPS) is 15.6. The topological polar surface area (TPSA) is 75.7 Å². The number of ether oxygens (including phenoxy) is 1. The lowest BCUT2D eigenvalue weighted by atomic mass is 10.1. The third-order valence-electron chi connectivity index (χ3n) is 4.61. The van der Waals surface area contributed by atoms with E-state index in [2.05, 4.69) is 5.32 Å². The van der Waals surface area contributed by atoms with Crippen LogP contribution in [0.2, 0.25) is 0 Å². The fourth-order valence-corrected chi connectivity index (χ4v) is 5.17. The first-order valence-electron chi connectivity index (χ1n) is 9.40. The van der Waals surface area contributed by atoms with Crippen LogP contribution in [-0.2, 0) is 27.1 Å². The van der Waals surface area contributed by atoms with Gasteiger partial charge in [0.15, 0.2) is 0 Å². The molecule has 1 aliphatic rings. The summed E-state index contributed by atoms with van der Waals surface area (Å²) in [4.78, 5) is 12.4. The Hall–Kier alpha value is -2.08. The number of nitrogens with one attached hydrogen (secondary N) is 1. The number of nitrogens with zero attached hydrogens (tertiary/aromatic N) is 1. The van der Waals surface area contributed by atoms with Gasteiger partial charge in [-0.1, -0.05) is 24.3 Å². The number of sulfonamides is 1. The quantitative estimate of drug-likeness (QED) is 0.623. The molecule has 1 heterocycles. The number of hydrogen-bond donors (Lipinski definition) is 1. The van der Waals surface area contributed by atoms with E-state index in [1.807, 2.05) is 0 Å². The van der Waals surface area contributed by atoms with Gasteiger partial charge in [0.1, 0.15) is 0 Å². The Morgan fingerprint density at radius 3 is 2.26 bits per heavy atom. The van der Waals surface area contributed by atoms with Crippen molar-refractivity contribution >= 4 is 27.7 Å². The number of halogens is 3. The highest BCUT2D eigenvalue weighted by Gasteiger charge is 2.29. The van der Waals surface area contributed by atoms with E-state index in [-0.39, 0.29) is 34.5 Å². The molecule has 0 saturated carbocycles. The van der Waals surface area contributed by atoms with E-state index in [4.69, 9.17) is 4.74 Å². The zero-order valence-electron chi connectivity index (χ0n) is 16.4. The summed E-state index contributed by atoms with van der Waals surface area (Å²) in [5, 5.41) is 2.69. The van der Waals surface area contributed by atoms with E-state index >= 15 is 0 Å². The molecule has 11 heteroatoms. The minimum absolute atomic E-state index is 0.0114. The fraction of sp³-hybridized carbons (Fsp3) is 0.350. The van der Waals surface area contributed by atoms with Crippen LogP contribution < -0.4 is 5.32 Å². The Labute approximate surface area is 182 Å². The van der Waals surface area contributed by atoms with E-state index in [9.17, 15) is 26.4 Å². The summed E-state index contributed by atoms with van der Waals surface area (Å²) in [6.45, 7) is 1.43. The van der Waals surface area contributed by atoms with E-state index in [1.54, 1.807) is 24.3 Å². The van der Waals surface area contributed by atoms with Crippen molar-refractivity contribution < 1.29 is 31.1 Å². The Balaban J connectivity index is 1.64. The lowest BCUT2D eigenvalue weighted by Gasteiger charge is -2.26. The molecule has 1 N–H and O–H groups in total. The van der Waals surface area contributed by atoms with Gasteiger partial charge in [0.05, 0.1) is 19.0 Å². The van der Waals surface area contributed by atoms with Crippen molar-refractivity contribution in [3.63, 3.8) is 0 Å². The molecule has 0 spiro atoms. The number of morpholine rings is 1. The second kappa shape index (κ2) is 10.0. The minimum atomic E-state index is -4.39. The maximum absolute atomic E-state index is 12.7. The number of alkyl halides is 3. The second-order valence-corrected chi connectivity index (χ2v) is 9.90. The van der Waals surface area contributed by atoms with E-state index < -0.39 is 21.4 Å². The average molecular weight is 475 g/mol. The van der Waals surface area contributed by atoms with Crippen LogP contribution >= 0.6 is 11.8 Å². The standard InChI is InChI=1S/C20H21F3N2O4S2/c21-20(22,23)30-18-7-5-15(6-8-18)19(26)24-13-16-3-1-2-4-17(16)14-31(27,28)25-9-11-29-12-10-25/h1-8H,9-14H2,(H,24,26). The van der Waals surface area contributed by atoms with Gasteiger partial charge in [0.25, 0.3) is 5.91 Å². The Morgan fingerprint density at radius 1 is 1.03 bits per heavy atom. The molecule has 0 aliphatic carbocycles. The summed E-state index contributed by atoms with van der Waals surface area (Å²) in [7, 11) is -3.52. The summed E-state index contributed by atoms with van der Waals surface area (Å²) < 4.78 is 69.2. The zero-order valence-corrected chi connectivity index (χ0v) is 18.0. The number of carbonyl (C=O) groups excluding carboxylic acids is 1. The summed E-state index contributed by atoms with van der Waals surface area (Å²) in [5.74, 6) is -0.656. The van der Waals surface area contributed by atoms with Gasteiger partial charge in [-0.05, 0) is 47.2 Å². The van der Waals surface area contributed by atoms with Gasteiger partial charge in [-0.15, -0.1) is 0 Å². The van der Waals surface area contributed by atoms with Crippen molar-refractivity contribution in [2.45, 2.75) is 22.7 Å². The first-order chi connectivity index (χ1) is 14.6. The van der Waals surface area contributed by atoms with Gasteiger partial charge in [-0.2, -0.15) is 17.5 Å². The maximum atomic E-state index is 12.7. The molecule has 0 atom stereocenters. The van der Waals surface area contributed by atoms with Crippen molar-refractivity contribution in [2.24, 2.45) is 0 Å². The monoisotopic (exact) mass is 474 g/mol.